The second-order valence-corrected chi connectivity index (χ2v) is 8.33. The van der Waals surface area contributed by atoms with Crippen LogP contribution in [0.2, 0.25) is 0 Å². The monoisotopic (exact) mass is 474 g/mol. The Kier molecular flexibility index (Phi) is 6.18. The Balaban J connectivity index is 1.43. The lowest BCUT2D eigenvalue weighted by Crippen LogP contribution is -2.32. The van der Waals surface area contributed by atoms with Crippen molar-refractivity contribution in [3.8, 4) is 23.0 Å². The number of nitrogens with one attached hydrogen (secondary N) is 1. The van der Waals surface area contributed by atoms with Crippen molar-refractivity contribution in [2.45, 2.75) is 19.0 Å². The number of hydrogen-bond acceptors (Lipinski definition) is 6. The van der Waals surface area contributed by atoms with E-state index in [1.165, 1.54) is 0 Å². The highest BCUT2D eigenvalue weighted by atomic mass is 16.6. The Labute approximate surface area is 203 Å². The van der Waals surface area contributed by atoms with Gasteiger partial charge in [-0.25, -0.2) is 0 Å². The van der Waals surface area contributed by atoms with Crippen molar-refractivity contribution in [1.29, 1.82) is 0 Å². The predicted molar refractivity (Wildman–Crippen MR) is 129 cm³/mol. The van der Waals surface area contributed by atoms with Gasteiger partial charge in [-0.15, -0.1) is 0 Å². The van der Waals surface area contributed by atoms with Crippen LogP contribution in [0.25, 0.3) is 0 Å². The molecule has 3 aromatic rings. The summed E-state index contributed by atoms with van der Waals surface area (Å²) in [5.41, 5.74) is 2.97. The van der Waals surface area contributed by atoms with Gasteiger partial charge in [0.2, 0.25) is 5.91 Å². The summed E-state index contributed by atoms with van der Waals surface area (Å²) in [5.74, 6) is 2.02. The summed E-state index contributed by atoms with van der Waals surface area (Å²) in [7, 11) is 3.12. The second-order valence-electron chi connectivity index (χ2n) is 8.33. The number of carbonyl (C=O) groups is 2. The van der Waals surface area contributed by atoms with Crippen LogP contribution < -0.4 is 24.3 Å². The first kappa shape index (κ1) is 22.6. The van der Waals surface area contributed by atoms with Gasteiger partial charge in [-0.1, -0.05) is 24.3 Å². The largest absolute Gasteiger partial charge is 0.493 e. The van der Waals surface area contributed by atoms with Crippen LogP contribution in [-0.2, 0) is 11.3 Å². The van der Waals surface area contributed by atoms with Crippen LogP contribution in [0, 0.1) is 0 Å². The minimum Gasteiger partial charge on any atom is -0.493 e. The molecule has 1 N–H and O–H groups in total. The van der Waals surface area contributed by atoms with Crippen LogP contribution in [-0.4, -0.2) is 44.1 Å². The third-order valence-electron chi connectivity index (χ3n) is 6.22. The highest BCUT2D eigenvalue weighted by molar-refractivity contribution is 5.99. The lowest BCUT2D eigenvalue weighted by Gasteiger charge is -2.28. The van der Waals surface area contributed by atoms with Crippen LogP contribution in [0.15, 0.2) is 60.7 Å². The molecule has 2 aliphatic heterocycles. The fourth-order valence-electron chi connectivity index (χ4n) is 4.51. The molecular formula is C27H26N2O6. The average molecular weight is 475 g/mol. The molecule has 0 saturated heterocycles. The maximum absolute atomic E-state index is 13.3. The number of fused-ring (bicyclic) bond motifs is 2. The highest BCUT2D eigenvalue weighted by Gasteiger charge is 2.35. The van der Waals surface area contributed by atoms with Gasteiger partial charge in [0.1, 0.15) is 13.2 Å². The van der Waals surface area contributed by atoms with E-state index in [1.54, 1.807) is 43.4 Å². The summed E-state index contributed by atoms with van der Waals surface area (Å²) < 4.78 is 22.0. The summed E-state index contributed by atoms with van der Waals surface area (Å²) in [6, 6.07) is 17.8. The number of benzene rings is 3. The highest BCUT2D eigenvalue weighted by Crippen LogP contribution is 2.38. The van der Waals surface area contributed by atoms with E-state index >= 15 is 0 Å². The Bertz CT molecular complexity index is 1270. The summed E-state index contributed by atoms with van der Waals surface area (Å²) in [6.07, 6.45) is 0.0592. The third kappa shape index (κ3) is 4.47. The molecule has 0 unspecified atom stereocenters. The number of carbonyl (C=O) groups excluding carboxylic acids is 2. The zero-order valence-electron chi connectivity index (χ0n) is 19.6. The molecule has 0 spiro atoms. The minimum atomic E-state index is -0.507. The topological polar surface area (TPSA) is 86.3 Å². The number of methoxy groups -OCH3 is 2. The summed E-state index contributed by atoms with van der Waals surface area (Å²) in [5, 5.41) is 2.93. The van der Waals surface area contributed by atoms with Gasteiger partial charge in [-0.2, -0.15) is 0 Å². The number of anilines is 1. The van der Waals surface area contributed by atoms with Crippen molar-refractivity contribution in [1.82, 2.24) is 4.90 Å². The van der Waals surface area contributed by atoms with Gasteiger partial charge in [0.25, 0.3) is 5.91 Å². The molecule has 2 aliphatic rings. The fourth-order valence-corrected chi connectivity index (χ4v) is 4.51. The average Bonchev–Trinajstić information content (AvgIpc) is 3.23. The van der Waals surface area contributed by atoms with Crippen LogP contribution >= 0.6 is 0 Å². The molecule has 8 nitrogen and oxygen atoms in total. The van der Waals surface area contributed by atoms with E-state index in [0.717, 1.165) is 11.1 Å². The summed E-state index contributed by atoms with van der Waals surface area (Å²) >= 11 is 0. The van der Waals surface area contributed by atoms with Gasteiger partial charge in [0, 0.05) is 23.9 Å². The molecule has 8 heteroatoms. The summed E-state index contributed by atoms with van der Waals surface area (Å²) in [6.45, 7) is 1.38. The van der Waals surface area contributed by atoms with E-state index in [2.05, 4.69) is 5.32 Å². The third-order valence-corrected chi connectivity index (χ3v) is 6.22. The molecule has 0 bridgehead atoms. The molecule has 180 valence electrons. The Hall–Kier alpha value is -4.20. The standard InChI is InChI=1S/C27H26N2O6/c1-32-22-9-7-17(13-24(22)33-2)21(29-16-18-5-3-4-6-20(18)27(29)31)15-26(30)28-19-8-10-23-25(14-19)35-12-11-34-23/h3-10,13-14,21H,11-12,15-16H2,1-2H3,(H,28,30)/t21-/m1/s1. The Morgan fingerprint density at radius 2 is 1.74 bits per heavy atom. The van der Waals surface area contributed by atoms with Gasteiger partial charge < -0.3 is 29.2 Å². The van der Waals surface area contributed by atoms with Crippen molar-refractivity contribution in [3.63, 3.8) is 0 Å². The molecule has 1 atom stereocenters. The van der Waals surface area contributed by atoms with Crippen LogP contribution in [0.4, 0.5) is 5.69 Å². The van der Waals surface area contributed by atoms with E-state index < -0.39 is 6.04 Å². The molecular weight excluding hydrogens is 448 g/mol. The molecule has 0 saturated carbocycles. The van der Waals surface area contributed by atoms with Crippen molar-refractivity contribution in [2.24, 2.45) is 0 Å². The predicted octanol–water partition coefficient (Wildman–Crippen LogP) is 4.20. The lowest BCUT2D eigenvalue weighted by atomic mass is 10.0. The lowest BCUT2D eigenvalue weighted by molar-refractivity contribution is -0.117. The first-order valence-electron chi connectivity index (χ1n) is 11.4. The fraction of sp³-hybridized carbons (Fsp3) is 0.259. The zero-order chi connectivity index (χ0) is 24.4. The SMILES string of the molecule is COc1ccc([C@@H](CC(=O)Nc2ccc3c(c2)OCCO3)N2Cc3ccccc3C2=O)cc1OC. The molecule has 2 amide bonds. The van der Waals surface area contributed by atoms with Crippen molar-refractivity contribution >= 4 is 17.5 Å². The van der Waals surface area contributed by atoms with Gasteiger partial charge in [-0.3, -0.25) is 9.59 Å². The number of rotatable bonds is 7. The molecule has 0 aromatic heterocycles. The molecule has 35 heavy (non-hydrogen) atoms. The smallest absolute Gasteiger partial charge is 0.255 e. The van der Waals surface area contributed by atoms with Gasteiger partial charge in [-0.05, 0) is 41.5 Å². The van der Waals surface area contributed by atoms with Crippen LogP contribution in [0.1, 0.15) is 33.9 Å². The van der Waals surface area contributed by atoms with Crippen molar-refractivity contribution < 1.29 is 28.5 Å². The quantitative estimate of drug-likeness (QED) is 0.552. The second kappa shape index (κ2) is 9.58. The number of nitrogens with zero attached hydrogens (tertiary/aromatic N) is 1. The van der Waals surface area contributed by atoms with E-state index in [4.69, 9.17) is 18.9 Å². The molecule has 0 fully saturated rings. The van der Waals surface area contributed by atoms with Crippen LogP contribution in [0.5, 0.6) is 23.0 Å². The van der Waals surface area contributed by atoms with Gasteiger partial charge in [0.05, 0.1) is 26.7 Å². The zero-order valence-corrected chi connectivity index (χ0v) is 19.6. The molecule has 2 heterocycles. The number of ether oxygens (including phenoxy) is 4. The van der Waals surface area contributed by atoms with Crippen LogP contribution in [0.3, 0.4) is 0 Å². The Morgan fingerprint density at radius 1 is 0.971 bits per heavy atom. The molecule has 3 aromatic carbocycles. The normalized spacial score (nSPS) is 14.8. The van der Waals surface area contributed by atoms with E-state index in [-0.39, 0.29) is 18.2 Å². The number of hydrogen-bond donors (Lipinski definition) is 1. The maximum Gasteiger partial charge on any atom is 0.255 e. The van der Waals surface area contributed by atoms with E-state index in [9.17, 15) is 9.59 Å². The molecule has 5 rings (SSSR count). The first-order chi connectivity index (χ1) is 17.1. The van der Waals surface area contributed by atoms with E-state index in [0.29, 0.717) is 54.0 Å². The first-order valence-corrected chi connectivity index (χ1v) is 11.4. The van der Waals surface area contributed by atoms with Crippen molar-refractivity contribution in [3.05, 3.63) is 77.4 Å². The van der Waals surface area contributed by atoms with Crippen molar-refractivity contribution in [2.75, 3.05) is 32.8 Å². The van der Waals surface area contributed by atoms with Gasteiger partial charge >= 0.3 is 0 Å². The number of amides is 2. The Morgan fingerprint density at radius 3 is 2.51 bits per heavy atom. The maximum atomic E-state index is 13.3. The molecule has 0 aliphatic carbocycles. The molecule has 0 radical (unpaired) electrons. The van der Waals surface area contributed by atoms with E-state index in [1.807, 2.05) is 36.4 Å². The minimum absolute atomic E-state index is 0.0592. The van der Waals surface area contributed by atoms with Gasteiger partial charge in [0.15, 0.2) is 23.0 Å². The summed E-state index contributed by atoms with van der Waals surface area (Å²) in [4.78, 5) is 28.2.